The molecule has 0 radical (unpaired) electrons. The van der Waals surface area contributed by atoms with Gasteiger partial charge in [0.2, 0.25) is 0 Å². The minimum Gasteiger partial charge on any atom is -0.373 e. The van der Waals surface area contributed by atoms with Crippen molar-refractivity contribution in [1.29, 1.82) is 0 Å². The van der Waals surface area contributed by atoms with Gasteiger partial charge in [0.05, 0.1) is 6.10 Å². The topological polar surface area (TPSA) is 21.3 Å². The van der Waals surface area contributed by atoms with Crippen molar-refractivity contribution in [2.24, 2.45) is 5.92 Å². The first-order valence-electron chi connectivity index (χ1n) is 6.58. The van der Waals surface area contributed by atoms with Crippen molar-refractivity contribution in [3.63, 3.8) is 0 Å². The fourth-order valence-electron chi connectivity index (χ4n) is 2.30. The summed E-state index contributed by atoms with van der Waals surface area (Å²) < 4.78 is 7.02. The summed E-state index contributed by atoms with van der Waals surface area (Å²) in [6.07, 6.45) is 1.39. The van der Waals surface area contributed by atoms with Crippen LogP contribution in [0.1, 0.15) is 38.9 Å². The maximum atomic E-state index is 5.90. The van der Waals surface area contributed by atoms with Crippen LogP contribution in [0.2, 0.25) is 0 Å². The van der Waals surface area contributed by atoms with Crippen LogP contribution in [0.4, 0.5) is 0 Å². The monoisotopic (exact) mass is 311 g/mol. The van der Waals surface area contributed by atoms with E-state index in [1.165, 1.54) is 5.56 Å². The average molecular weight is 312 g/mol. The highest BCUT2D eigenvalue weighted by molar-refractivity contribution is 9.10. The van der Waals surface area contributed by atoms with Gasteiger partial charge < -0.3 is 10.1 Å². The predicted octanol–water partition coefficient (Wildman–Crippen LogP) is 3.91. The second kappa shape index (κ2) is 5.72. The zero-order chi connectivity index (χ0) is 13.2. The quantitative estimate of drug-likeness (QED) is 0.913. The second-order valence-electron chi connectivity index (χ2n) is 6.02. The van der Waals surface area contributed by atoms with Gasteiger partial charge in [0.15, 0.2) is 0 Å². The standard InChI is InChI=1S/C15H22BrNO/c1-15(2,3)17-10-12-8-9-18-14(12)11-4-6-13(16)7-5-11/h4-7,12,14,17H,8-10H2,1-3H3. The Morgan fingerprint density at radius 1 is 1.28 bits per heavy atom. The lowest BCUT2D eigenvalue weighted by Gasteiger charge is -2.26. The van der Waals surface area contributed by atoms with Gasteiger partial charge in [-0.1, -0.05) is 28.1 Å². The smallest absolute Gasteiger partial charge is 0.0866 e. The summed E-state index contributed by atoms with van der Waals surface area (Å²) in [4.78, 5) is 0. The zero-order valence-corrected chi connectivity index (χ0v) is 13.0. The fraction of sp³-hybridized carbons (Fsp3) is 0.600. The highest BCUT2D eigenvalue weighted by Crippen LogP contribution is 2.34. The molecule has 2 unspecified atom stereocenters. The zero-order valence-electron chi connectivity index (χ0n) is 11.4. The van der Waals surface area contributed by atoms with Crippen LogP contribution in [0.25, 0.3) is 0 Å². The van der Waals surface area contributed by atoms with Crippen LogP contribution >= 0.6 is 15.9 Å². The SMILES string of the molecule is CC(C)(C)NCC1CCOC1c1ccc(Br)cc1. The van der Waals surface area contributed by atoms with Gasteiger partial charge in [0.25, 0.3) is 0 Å². The van der Waals surface area contributed by atoms with E-state index in [0.717, 1.165) is 24.0 Å². The van der Waals surface area contributed by atoms with E-state index in [2.05, 4.69) is 66.3 Å². The van der Waals surface area contributed by atoms with Crippen LogP contribution in [-0.2, 0) is 4.74 Å². The van der Waals surface area contributed by atoms with Crippen LogP contribution < -0.4 is 5.32 Å². The number of nitrogens with one attached hydrogen (secondary N) is 1. The van der Waals surface area contributed by atoms with Crippen LogP contribution in [0.5, 0.6) is 0 Å². The molecule has 2 atom stereocenters. The van der Waals surface area contributed by atoms with Crippen LogP contribution in [-0.4, -0.2) is 18.7 Å². The van der Waals surface area contributed by atoms with Crippen molar-refractivity contribution in [2.45, 2.75) is 38.8 Å². The summed E-state index contributed by atoms with van der Waals surface area (Å²) in [5.41, 5.74) is 1.46. The summed E-state index contributed by atoms with van der Waals surface area (Å²) in [7, 11) is 0. The van der Waals surface area contributed by atoms with Gasteiger partial charge in [0.1, 0.15) is 0 Å². The molecule has 18 heavy (non-hydrogen) atoms. The number of rotatable bonds is 3. The van der Waals surface area contributed by atoms with Gasteiger partial charge in [-0.15, -0.1) is 0 Å². The van der Waals surface area contributed by atoms with E-state index in [4.69, 9.17) is 4.74 Å². The minimum absolute atomic E-state index is 0.173. The number of ether oxygens (including phenoxy) is 1. The molecular weight excluding hydrogens is 290 g/mol. The van der Waals surface area contributed by atoms with Gasteiger partial charge in [-0.05, 0) is 44.9 Å². The van der Waals surface area contributed by atoms with Crippen molar-refractivity contribution in [3.8, 4) is 0 Å². The van der Waals surface area contributed by atoms with E-state index < -0.39 is 0 Å². The van der Waals surface area contributed by atoms with Gasteiger partial charge in [-0.2, -0.15) is 0 Å². The van der Waals surface area contributed by atoms with Crippen molar-refractivity contribution in [1.82, 2.24) is 5.32 Å². The number of halogens is 1. The summed E-state index contributed by atoms with van der Waals surface area (Å²) >= 11 is 3.47. The molecule has 0 bridgehead atoms. The highest BCUT2D eigenvalue weighted by atomic mass is 79.9. The molecule has 1 fully saturated rings. The molecule has 0 aliphatic carbocycles. The minimum atomic E-state index is 0.173. The Morgan fingerprint density at radius 3 is 2.56 bits per heavy atom. The largest absolute Gasteiger partial charge is 0.373 e. The Bertz CT molecular complexity index is 382. The van der Waals surface area contributed by atoms with Crippen molar-refractivity contribution < 1.29 is 4.74 Å². The summed E-state index contributed by atoms with van der Waals surface area (Å²) in [5.74, 6) is 0.574. The Kier molecular flexibility index (Phi) is 4.46. The lowest BCUT2D eigenvalue weighted by Crippen LogP contribution is -2.39. The van der Waals surface area contributed by atoms with E-state index in [9.17, 15) is 0 Å². The summed E-state index contributed by atoms with van der Waals surface area (Å²) in [5, 5.41) is 3.59. The van der Waals surface area contributed by atoms with Gasteiger partial charge >= 0.3 is 0 Å². The molecule has 1 heterocycles. The van der Waals surface area contributed by atoms with E-state index in [0.29, 0.717) is 5.92 Å². The molecule has 1 aromatic carbocycles. The van der Waals surface area contributed by atoms with Crippen LogP contribution in [0, 0.1) is 5.92 Å². The molecule has 100 valence electrons. The molecule has 1 aromatic rings. The lowest BCUT2D eigenvalue weighted by atomic mass is 9.94. The Morgan fingerprint density at radius 2 is 1.94 bits per heavy atom. The van der Waals surface area contributed by atoms with E-state index in [1.54, 1.807) is 0 Å². The molecule has 1 N–H and O–H groups in total. The molecule has 2 rings (SSSR count). The summed E-state index contributed by atoms with van der Waals surface area (Å²) in [6.45, 7) is 8.51. The van der Waals surface area contributed by atoms with Gasteiger partial charge in [-0.25, -0.2) is 0 Å². The maximum absolute atomic E-state index is 5.90. The predicted molar refractivity (Wildman–Crippen MR) is 78.7 cm³/mol. The third kappa shape index (κ3) is 3.81. The molecule has 1 saturated heterocycles. The van der Waals surface area contributed by atoms with Crippen molar-refractivity contribution >= 4 is 15.9 Å². The summed E-state index contributed by atoms with van der Waals surface area (Å²) in [6, 6.07) is 8.49. The fourth-order valence-corrected chi connectivity index (χ4v) is 2.57. The molecule has 0 aromatic heterocycles. The molecular formula is C15H22BrNO. The molecule has 0 saturated carbocycles. The van der Waals surface area contributed by atoms with E-state index >= 15 is 0 Å². The van der Waals surface area contributed by atoms with Gasteiger partial charge in [-0.3, -0.25) is 0 Å². The second-order valence-corrected chi connectivity index (χ2v) is 6.94. The Hall–Kier alpha value is -0.380. The number of hydrogen-bond donors (Lipinski definition) is 1. The van der Waals surface area contributed by atoms with E-state index in [1.807, 2.05) is 0 Å². The molecule has 1 aliphatic heterocycles. The first-order valence-corrected chi connectivity index (χ1v) is 7.37. The number of hydrogen-bond acceptors (Lipinski definition) is 2. The third-order valence-electron chi connectivity index (χ3n) is 3.31. The Balaban J connectivity index is 2.01. The lowest BCUT2D eigenvalue weighted by molar-refractivity contribution is 0.0889. The van der Waals surface area contributed by atoms with Crippen LogP contribution in [0.3, 0.4) is 0 Å². The maximum Gasteiger partial charge on any atom is 0.0866 e. The first-order chi connectivity index (χ1) is 8.46. The van der Waals surface area contributed by atoms with E-state index in [-0.39, 0.29) is 11.6 Å². The Labute approximate surface area is 118 Å². The molecule has 0 spiro atoms. The van der Waals surface area contributed by atoms with Crippen molar-refractivity contribution in [2.75, 3.05) is 13.2 Å². The molecule has 2 nitrogen and oxygen atoms in total. The normalized spacial score (nSPS) is 24.4. The van der Waals surface area contributed by atoms with Crippen LogP contribution in [0.15, 0.2) is 28.7 Å². The first kappa shape index (κ1) is 14.0. The van der Waals surface area contributed by atoms with Gasteiger partial charge in [0, 0.05) is 29.1 Å². The molecule has 0 amide bonds. The molecule has 3 heteroatoms. The number of benzene rings is 1. The van der Waals surface area contributed by atoms with Crippen molar-refractivity contribution in [3.05, 3.63) is 34.3 Å². The molecule has 1 aliphatic rings. The highest BCUT2D eigenvalue weighted by Gasteiger charge is 2.30. The third-order valence-corrected chi connectivity index (χ3v) is 3.84. The average Bonchev–Trinajstić information content (AvgIpc) is 2.75.